The number of rotatable bonds is 6. The van der Waals surface area contributed by atoms with Crippen molar-refractivity contribution in [2.45, 2.75) is 57.3 Å². The Hall–Kier alpha value is -2.18. The van der Waals surface area contributed by atoms with E-state index in [1.807, 2.05) is 24.3 Å². The van der Waals surface area contributed by atoms with Crippen LogP contribution in [0.4, 0.5) is 5.69 Å². The molecule has 2 aromatic rings. The molecule has 1 aliphatic rings. The number of carbonyl (C=O) groups excluding carboxylic acids is 1. The van der Waals surface area contributed by atoms with Gasteiger partial charge in [-0.1, -0.05) is 44.5 Å². The van der Waals surface area contributed by atoms with E-state index in [0.29, 0.717) is 30.1 Å². The smallest absolute Gasteiger partial charge is 0.255 e. The third-order valence-electron chi connectivity index (χ3n) is 5.74. The van der Waals surface area contributed by atoms with Crippen molar-refractivity contribution in [2.24, 2.45) is 0 Å². The maximum absolute atomic E-state index is 13.1. The van der Waals surface area contributed by atoms with Crippen molar-refractivity contribution >= 4 is 21.6 Å². The first-order chi connectivity index (χ1) is 13.8. The zero-order valence-corrected chi connectivity index (χ0v) is 18.3. The van der Waals surface area contributed by atoms with Gasteiger partial charge in [0, 0.05) is 24.3 Å². The number of sulfonamides is 1. The Kier molecular flexibility index (Phi) is 6.75. The van der Waals surface area contributed by atoms with Crippen molar-refractivity contribution in [1.29, 1.82) is 0 Å². The Balaban J connectivity index is 1.89. The lowest BCUT2D eigenvalue weighted by atomic mass is 9.97. The minimum Gasteiger partial charge on any atom is -0.322 e. The number of aryl methyl sites for hydroxylation is 1. The molecule has 0 aromatic heterocycles. The van der Waals surface area contributed by atoms with Crippen molar-refractivity contribution in [3.63, 3.8) is 0 Å². The lowest BCUT2D eigenvalue weighted by molar-refractivity contribution is 0.102. The highest BCUT2D eigenvalue weighted by atomic mass is 32.2. The summed E-state index contributed by atoms with van der Waals surface area (Å²) >= 11 is 0. The summed E-state index contributed by atoms with van der Waals surface area (Å²) in [6, 6.07) is 12.7. The van der Waals surface area contributed by atoms with Crippen LogP contribution >= 0.6 is 0 Å². The summed E-state index contributed by atoms with van der Waals surface area (Å²) in [5.41, 5.74) is 2.86. The zero-order chi connectivity index (χ0) is 21.0. The molecule has 5 nitrogen and oxygen atoms in total. The summed E-state index contributed by atoms with van der Waals surface area (Å²) in [6.45, 7) is 7.10. The molecule has 1 atom stereocenters. The van der Waals surface area contributed by atoms with E-state index in [1.165, 1.54) is 6.07 Å². The molecule has 1 heterocycles. The van der Waals surface area contributed by atoms with E-state index >= 15 is 0 Å². The van der Waals surface area contributed by atoms with Gasteiger partial charge in [-0.2, -0.15) is 4.31 Å². The number of hydrogen-bond acceptors (Lipinski definition) is 3. The molecule has 1 fully saturated rings. The molecule has 0 saturated carbocycles. The fourth-order valence-electron chi connectivity index (χ4n) is 3.72. The predicted octanol–water partition coefficient (Wildman–Crippen LogP) is 4.94. The van der Waals surface area contributed by atoms with Crippen molar-refractivity contribution in [3.05, 3.63) is 59.2 Å². The number of nitrogens with one attached hydrogen (secondary N) is 1. The van der Waals surface area contributed by atoms with Crippen LogP contribution < -0.4 is 5.32 Å². The highest BCUT2D eigenvalue weighted by Crippen LogP contribution is 2.28. The van der Waals surface area contributed by atoms with Crippen LogP contribution in [0.25, 0.3) is 0 Å². The fraction of sp³-hybridized carbons (Fsp3) is 0.435. The molecular formula is C23H30N2O3S. The van der Waals surface area contributed by atoms with Crippen LogP contribution in [0, 0.1) is 6.92 Å². The number of para-hydroxylation sites is 1. The van der Waals surface area contributed by atoms with Gasteiger partial charge in [0.15, 0.2) is 0 Å². The van der Waals surface area contributed by atoms with Gasteiger partial charge < -0.3 is 5.32 Å². The molecule has 2 aromatic carbocycles. The van der Waals surface area contributed by atoms with Gasteiger partial charge in [0.05, 0.1) is 4.90 Å². The van der Waals surface area contributed by atoms with E-state index in [9.17, 15) is 13.2 Å². The number of hydrogen-bond donors (Lipinski definition) is 1. The number of anilines is 1. The first kappa shape index (κ1) is 21.5. The van der Waals surface area contributed by atoms with E-state index in [2.05, 4.69) is 19.2 Å². The maximum Gasteiger partial charge on any atom is 0.255 e. The number of nitrogens with zero attached hydrogens (tertiary/aromatic N) is 1. The maximum atomic E-state index is 13.1. The second kappa shape index (κ2) is 9.09. The molecule has 156 valence electrons. The van der Waals surface area contributed by atoms with Gasteiger partial charge in [0.1, 0.15) is 0 Å². The normalized spacial score (nSPS) is 16.4. The Bertz CT molecular complexity index is 979. The molecule has 29 heavy (non-hydrogen) atoms. The molecule has 6 heteroatoms. The third-order valence-corrected chi connectivity index (χ3v) is 7.78. The molecule has 3 rings (SSSR count). The molecule has 0 bridgehead atoms. The number of carbonyl (C=O) groups is 1. The molecule has 1 N–H and O–H groups in total. The summed E-state index contributed by atoms with van der Waals surface area (Å²) in [5.74, 6) is 0.0235. The van der Waals surface area contributed by atoms with Gasteiger partial charge in [0.25, 0.3) is 5.91 Å². The molecule has 1 aliphatic heterocycles. The fourth-order valence-corrected chi connectivity index (χ4v) is 5.49. The SMILES string of the molecule is CC[C@H](C)c1ccccc1NC(=O)c1ccc(C)c(S(=O)(=O)N2CCCCC2)c1. The topological polar surface area (TPSA) is 66.5 Å². The molecule has 0 radical (unpaired) electrons. The average Bonchev–Trinajstić information content (AvgIpc) is 2.74. The molecule has 0 aliphatic carbocycles. The molecule has 0 spiro atoms. The highest BCUT2D eigenvalue weighted by molar-refractivity contribution is 7.89. The standard InChI is InChI=1S/C23H30N2O3S/c1-4-17(2)20-10-6-7-11-21(20)24-23(26)19-13-12-18(3)22(16-19)29(27,28)25-14-8-5-9-15-25/h6-7,10-13,16-17H,4-5,8-9,14-15H2,1-3H3,(H,24,26)/t17-/m0/s1. The monoisotopic (exact) mass is 414 g/mol. The number of piperidine rings is 1. The summed E-state index contributed by atoms with van der Waals surface area (Å²) in [5, 5.41) is 2.97. The Morgan fingerprint density at radius 2 is 1.79 bits per heavy atom. The van der Waals surface area contributed by atoms with E-state index in [1.54, 1.807) is 23.4 Å². The Labute approximate surface area is 174 Å². The summed E-state index contributed by atoms with van der Waals surface area (Å²) in [7, 11) is -3.59. The lowest BCUT2D eigenvalue weighted by Gasteiger charge is -2.26. The minimum absolute atomic E-state index is 0.224. The van der Waals surface area contributed by atoms with E-state index in [0.717, 1.165) is 36.9 Å². The van der Waals surface area contributed by atoms with Gasteiger partial charge in [-0.3, -0.25) is 4.79 Å². The van der Waals surface area contributed by atoms with E-state index < -0.39 is 10.0 Å². The molecule has 0 unspecified atom stereocenters. The number of benzene rings is 2. The number of amides is 1. The van der Waals surface area contributed by atoms with Crippen LogP contribution in [0.5, 0.6) is 0 Å². The van der Waals surface area contributed by atoms with Crippen molar-refractivity contribution in [3.8, 4) is 0 Å². The Morgan fingerprint density at radius 1 is 1.10 bits per heavy atom. The summed E-state index contributed by atoms with van der Waals surface area (Å²) in [4.78, 5) is 13.1. The molecule has 1 amide bonds. The van der Waals surface area contributed by atoms with Gasteiger partial charge in [0.2, 0.25) is 10.0 Å². The second-order valence-electron chi connectivity index (χ2n) is 7.80. The van der Waals surface area contributed by atoms with Gasteiger partial charge in [-0.25, -0.2) is 8.42 Å². The predicted molar refractivity (Wildman–Crippen MR) is 117 cm³/mol. The van der Waals surface area contributed by atoms with Crippen molar-refractivity contribution in [1.82, 2.24) is 4.31 Å². The van der Waals surface area contributed by atoms with Crippen LogP contribution in [-0.2, 0) is 10.0 Å². The van der Waals surface area contributed by atoms with Crippen LogP contribution in [0.3, 0.4) is 0 Å². The van der Waals surface area contributed by atoms with E-state index in [4.69, 9.17) is 0 Å². The average molecular weight is 415 g/mol. The summed E-state index contributed by atoms with van der Waals surface area (Å²) in [6.07, 6.45) is 3.79. The quantitative estimate of drug-likeness (QED) is 0.728. The molecular weight excluding hydrogens is 384 g/mol. The zero-order valence-electron chi connectivity index (χ0n) is 17.4. The first-order valence-corrected chi connectivity index (χ1v) is 11.8. The van der Waals surface area contributed by atoms with Crippen molar-refractivity contribution in [2.75, 3.05) is 18.4 Å². The van der Waals surface area contributed by atoms with Crippen molar-refractivity contribution < 1.29 is 13.2 Å². The molecule has 1 saturated heterocycles. The van der Waals surface area contributed by atoms with Gasteiger partial charge >= 0.3 is 0 Å². The Morgan fingerprint density at radius 3 is 2.48 bits per heavy atom. The van der Waals surface area contributed by atoms with Crippen LogP contribution in [-0.4, -0.2) is 31.7 Å². The van der Waals surface area contributed by atoms with Gasteiger partial charge in [-0.05, 0) is 61.4 Å². The van der Waals surface area contributed by atoms with E-state index in [-0.39, 0.29) is 10.8 Å². The van der Waals surface area contributed by atoms with Gasteiger partial charge in [-0.15, -0.1) is 0 Å². The van der Waals surface area contributed by atoms with Crippen LogP contribution in [0.2, 0.25) is 0 Å². The van der Waals surface area contributed by atoms with Crippen LogP contribution in [0.1, 0.15) is 66.9 Å². The largest absolute Gasteiger partial charge is 0.322 e. The third kappa shape index (κ3) is 4.70. The highest BCUT2D eigenvalue weighted by Gasteiger charge is 2.28. The minimum atomic E-state index is -3.59. The second-order valence-corrected chi connectivity index (χ2v) is 9.70. The first-order valence-electron chi connectivity index (χ1n) is 10.4. The lowest BCUT2D eigenvalue weighted by Crippen LogP contribution is -2.36. The summed E-state index contributed by atoms with van der Waals surface area (Å²) < 4.78 is 27.8. The van der Waals surface area contributed by atoms with Crippen LogP contribution in [0.15, 0.2) is 47.4 Å².